The first-order chi connectivity index (χ1) is 19.3. The summed E-state index contributed by atoms with van der Waals surface area (Å²) in [6.07, 6.45) is -3.43. The van der Waals surface area contributed by atoms with E-state index in [0.717, 1.165) is 17.0 Å². The van der Waals surface area contributed by atoms with Gasteiger partial charge in [-0.15, -0.1) is 6.58 Å². The van der Waals surface area contributed by atoms with Gasteiger partial charge in [0.15, 0.2) is 17.9 Å². The van der Waals surface area contributed by atoms with Gasteiger partial charge in [0, 0.05) is 6.07 Å². The van der Waals surface area contributed by atoms with Crippen molar-refractivity contribution in [2.24, 2.45) is 10.8 Å². The second-order valence-electron chi connectivity index (χ2n) is 11.6. The van der Waals surface area contributed by atoms with Gasteiger partial charge in [-0.25, -0.2) is 23.0 Å². The molecule has 1 aliphatic rings. The van der Waals surface area contributed by atoms with E-state index in [1.165, 1.54) is 6.07 Å². The van der Waals surface area contributed by atoms with Crippen LogP contribution >= 0.6 is 7.82 Å². The minimum absolute atomic E-state index is 0.0175. The van der Waals surface area contributed by atoms with E-state index in [9.17, 15) is 24.1 Å². The van der Waals surface area contributed by atoms with Crippen LogP contribution in [0.4, 0.5) is 10.2 Å². The Morgan fingerprint density at radius 3 is 2.24 bits per heavy atom. The van der Waals surface area contributed by atoms with Gasteiger partial charge in [0.25, 0.3) is 5.56 Å². The molecule has 234 valence electrons. The van der Waals surface area contributed by atoms with E-state index in [-0.39, 0.29) is 16.9 Å². The Hall–Kier alpha value is -3.14. The number of nitrogen functional groups attached to an aromatic ring is 1. The third-order valence-electron chi connectivity index (χ3n) is 6.11. The Kier molecular flexibility index (Phi) is 9.71. The van der Waals surface area contributed by atoms with Gasteiger partial charge >= 0.3 is 19.8 Å². The summed E-state index contributed by atoms with van der Waals surface area (Å²) in [7, 11) is -4.72. The van der Waals surface area contributed by atoms with Crippen molar-refractivity contribution in [2.75, 3.05) is 25.9 Å². The second kappa shape index (κ2) is 12.2. The number of aromatic amines is 1. The Morgan fingerprint density at radius 1 is 1.19 bits per heavy atom. The number of ether oxygens (including phenoxy) is 3. The van der Waals surface area contributed by atoms with Crippen LogP contribution in [0.25, 0.3) is 11.0 Å². The summed E-state index contributed by atoms with van der Waals surface area (Å²) in [5.74, 6) is -1.41. The van der Waals surface area contributed by atoms with Gasteiger partial charge in [0.05, 0.1) is 29.3 Å². The van der Waals surface area contributed by atoms with Gasteiger partial charge in [-0.2, -0.15) is 0 Å². The highest BCUT2D eigenvalue weighted by Gasteiger charge is 2.56. The first-order valence-electron chi connectivity index (χ1n) is 12.7. The van der Waals surface area contributed by atoms with Gasteiger partial charge in [0.2, 0.25) is 13.6 Å². The van der Waals surface area contributed by atoms with Crippen molar-refractivity contribution in [3.05, 3.63) is 35.4 Å². The third kappa shape index (κ3) is 7.25. The van der Waals surface area contributed by atoms with Crippen molar-refractivity contribution in [3.63, 3.8) is 0 Å². The van der Waals surface area contributed by atoms with E-state index in [4.69, 9.17) is 33.5 Å². The average Bonchev–Trinajstić information content (AvgIpc) is 3.41. The predicted molar refractivity (Wildman–Crippen MR) is 145 cm³/mol. The lowest BCUT2D eigenvalue weighted by atomic mass is 9.97. The normalized spacial score (nSPS) is 23.2. The molecule has 15 nitrogen and oxygen atoms in total. The third-order valence-corrected chi connectivity index (χ3v) is 7.40. The molecule has 2 aromatic rings. The summed E-state index contributed by atoms with van der Waals surface area (Å²) in [5, 5.41) is 10.8. The molecule has 0 aromatic carbocycles. The number of phosphoric ester groups is 1. The molecule has 0 unspecified atom stereocenters. The molecule has 0 radical (unpaired) electrons. The van der Waals surface area contributed by atoms with E-state index >= 15 is 4.39 Å². The number of phosphoric acid groups is 1. The van der Waals surface area contributed by atoms with Crippen molar-refractivity contribution < 1.29 is 51.4 Å². The molecule has 1 saturated heterocycles. The number of nitrogens with two attached hydrogens (primary N) is 1. The van der Waals surface area contributed by atoms with E-state index < -0.39 is 80.4 Å². The lowest BCUT2D eigenvalue weighted by molar-refractivity contribution is -0.164. The number of halogens is 1. The minimum atomic E-state index is -4.72. The molecule has 0 amide bonds. The maximum absolute atomic E-state index is 15.5. The van der Waals surface area contributed by atoms with Crippen LogP contribution in [0.3, 0.4) is 0 Å². The van der Waals surface area contributed by atoms with Crippen molar-refractivity contribution in [1.29, 1.82) is 0 Å². The summed E-state index contributed by atoms with van der Waals surface area (Å²) in [6.45, 7) is 10.5. The number of esters is 2. The molecule has 3 heterocycles. The number of hydrogen-bond donors (Lipinski definition) is 3. The maximum atomic E-state index is 15.5. The summed E-state index contributed by atoms with van der Waals surface area (Å²) >= 11 is 0. The molecule has 0 spiro atoms. The monoisotopic (exact) mass is 618 g/mol. The smallest absolute Gasteiger partial charge is 0.437 e. The highest BCUT2D eigenvalue weighted by molar-refractivity contribution is 7.48. The fraction of sp³-hybridized carbons (Fsp3) is 0.600. The number of carbonyl (C=O) groups is 2. The van der Waals surface area contributed by atoms with E-state index in [2.05, 4.69) is 16.5 Å². The van der Waals surface area contributed by atoms with Gasteiger partial charge in [-0.3, -0.25) is 18.9 Å². The summed E-state index contributed by atoms with van der Waals surface area (Å²) in [5.41, 5.74) is 1.31. The molecular weight excluding hydrogens is 582 g/mol. The number of aliphatic hydroxyl groups is 1. The molecule has 0 saturated carbocycles. The number of nitrogens with zero attached hydrogens (tertiary/aromatic N) is 2. The first-order valence-corrected chi connectivity index (χ1v) is 14.2. The quantitative estimate of drug-likeness (QED) is 0.144. The summed E-state index contributed by atoms with van der Waals surface area (Å²) in [4.78, 5) is 42.7. The predicted octanol–water partition coefficient (Wildman–Crippen LogP) is 2.71. The molecule has 1 aliphatic heterocycles. The number of carbonyl (C=O) groups excluding carboxylic acids is 2. The summed E-state index contributed by atoms with van der Waals surface area (Å²) < 4.78 is 61.4. The fourth-order valence-corrected chi connectivity index (χ4v) is 4.57. The van der Waals surface area contributed by atoms with Crippen molar-refractivity contribution in [3.8, 4) is 0 Å². The Bertz CT molecular complexity index is 1390. The second-order valence-corrected chi connectivity index (χ2v) is 13.2. The first kappa shape index (κ1) is 33.4. The van der Waals surface area contributed by atoms with Crippen molar-refractivity contribution in [2.45, 2.75) is 65.6 Å². The number of H-pyrrole nitrogens is 1. The van der Waals surface area contributed by atoms with Crippen LogP contribution in [0.2, 0.25) is 0 Å². The zero-order valence-electron chi connectivity index (χ0n) is 24.1. The molecular formula is C25H36FN4O11P. The van der Waals surface area contributed by atoms with Gasteiger partial charge in [0.1, 0.15) is 17.5 Å². The SMILES string of the molecule is C=C[C@]1(COP(=O)(OCOC(=O)C(C)(C)C)OCOC(=O)C(C)(C)C)O[C@@H](n2cnc3c(=O)[nH]c(N)cc32)[C@H](F)[C@@H]1O. The number of anilines is 1. The average molecular weight is 619 g/mol. The number of hydrogen-bond acceptors (Lipinski definition) is 13. The zero-order chi connectivity index (χ0) is 31.7. The van der Waals surface area contributed by atoms with E-state index in [0.29, 0.717) is 0 Å². The molecule has 42 heavy (non-hydrogen) atoms. The lowest BCUT2D eigenvalue weighted by Crippen LogP contribution is -2.44. The summed E-state index contributed by atoms with van der Waals surface area (Å²) in [6, 6.07) is 1.34. The molecule has 0 bridgehead atoms. The lowest BCUT2D eigenvalue weighted by Gasteiger charge is -2.29. The Morgan fingerprint density at radius 2 is 1.74 bits per heavy atom. The Balaban J connectivity index is 1.82. The van der Waals surface area contributed by atoms with Crippen molar-refractivity contribution >= 4 is 36.6 Å². The van der Waals surface area contributed by atoms with Crippen LogP contribution in [-0.4, -0.2) is 69.6 Å². The maximum Gasteiger partial charge on any atom is 0.480 e. The van der Waals surface area contributed by atoms with Crippen molar-refractivity contribution in [1.82, 2.24) is 14.5 Å². The molecule has 4 N–H and O–H groups in total. The standard InChI is InChI=1S/C25H36FN4O11P/c1-8-25(18(31)16(26)20(41-25)30-11-28-17-14(30)9-15(27)29-19(17)32)10-38-42(35,39-12-36-21(33)23(2,3)4)40-13-37-22(34)24(5,6)7/h8-9,11,16,18,20,31H,1,10,12-13H2,2-7H3,(H3,27,29,32)/t16-,18+,20-,25-/m1/s1. The molecule has 17 heteroatoms. The number of imidazole rings is 1. The molecule has 0 aliphatic carbocycles. The minimum Gasteiger partial charge on any atom is -0.437 e. The van der Waals surface area contributed by atoms with Gasteiger partial charge in [-0.1, -0.05) is 6.08 Å². The van der Waals surface area contributed by atoms with Crippen LogP contribution in [0.5, 0.6) is 0 Å². The van der Waals surface area contributed by atoms with Crippen LogP contribution in [0.15, 0.2) is 29.8 Å². The topological polar surface area (TPSA) is 204 Å². The van der Waals surface area contributed by atoms with Crippen LogP contribution in [0.1, 0.15) is 47.8 Å². The highest BCUT2D eigenvalue weighted by atomic mass is 31.2. The van der Waals surface area contributed by atoms with Crippen LogP contribution in [0, 0.1) is 10.8 Å². The van der Waals surface area contributed by atoms with Crippen LogP contribution < -0.4 is 11.3 Å². The molecule has 4 atom stereocenters. The Labute approximate surface area is 240 Å². The van der Waals surface area contributed by atoms with E-state index in [1.807, 2.05) is 0 Å². The zero-order valence-corrected chi connectivity index (χ0v) is 25.0. The number of rotatable bonds is 11. The fourth-order valence-electron chi connectivity index (χ4n) is 3.62. The number of pyridine rings is 1. The van der Waals surface area contributed by atoms with Gasteiger partial charge in [-0.05, 0) is 41.5 Å². The van der Waals surface area contributed by atoms with Gasteiger partial charge < -0.3 is 34.6 Å². The highest BCUT2D eigenvalue weighted by Crippen LogP contribution is 2.52. The number of aliphatic hydroxyl groups excluding tert-OH is 1. The number of nitrogens with one attached hydrogen (secondary N) is 1. The largest absolute Gasteiger partial charge is 0.480 e. The molecule has 3 rings (SSSR count). The number of alkyl halides is 1. The molecule has 1 fully saturated rings. The number of fused-ring (bicyclic) bond motifs is 1. The number of aromatic nitrogens is 3. The molecule has 2 aromatic heterocycles. The van der Waals surface area contributed by atoms with E-state index in [1.54, 1.807) is 41.5 Å². The van der Waals surface area contributed by atoms with Crippen LogP contribution in [-0.2, 0) is 41.9 Å².